The summed E-state index contributed by atoms with van der Waals surface area (Å²) in [5.41, 5.74) is 4.68. The van der Waals surface area contributed by atoms with Crippen molar-refractivity contribution in [2.75, 3.05) is 0 Å². The van der Waals surface area contributed by atoms with Gasteiger partial charge in [-0.15, -0.1) is 0 Å². The Bertz CT molecular complexity index is 608. The standard InChI is InChI=1S/2C8H8Cl.ClH.Tl/c2*1-6-3-4-8(9)7(2)5-6;;/h2*4-5H,1-2H3;1H;/q;;;+1/p-1. The maximum absolute atomic E-state index is 6.90. The summed E-state index contributed by atoms with van der Waals surface area (Å²) in [6.07, 6.45) is 0. The Labute approximate surface area is 142 Å². The van der Waals surface area contributed by atoms with Gasteiger partial charge in [-0.2, -0.15) is 0 Å². The van der Waals surface area contributed by atoms with E-state index in [1.54, 1.807) is 0 Å². The van der Waals surface area contributed by atoms with Crippen LogP contribution in [0.3, 0.4) is 0 Å². The number of benzene rings is 2. The average Bonchev–Trinajstić information content (AvgIpc) is 2.37. The third-order valence-corrected chi connectivity index (χ3v) is 17.7. The molecule has 0 saturated heterocycles. The molecule has 0 spiro atoms. The molecule has 0 aliphatic heterocycles. The van der Waals surface area contributed by atoms with E-state index < -0.39 is 21.5 Å². The van der Waals surface area contributed by atoms with E-state index in [0.717, 1.165) is 21.2 Å². The molecule has 0 unspecified atom stereocenters. The molecule has 0 fully saturated rings. The quantitative estimate of drug-likeness (QED) is 0.511. The van der Waals surface area contributed by atoms with E-state index in [9.17, 15) is 0 Å². The predicted octanol–water partition coefficient (Wildman–Crippen LogP) is 4.57. The van der Waals surface area contributed by atoms with Gasteiger partial charge in [-0.05, 0) is 0 Å². The second kappa shape index (κ2) is 6.55. The molecule has 0 nitrogen and oxygen atoms in total. The minimum absolute atomic E-state index is 0.798. The first-order valence-corrected chi connectivity index (χ1v) is 17.3. The summed E-state index contributed by atoms with van der Waals surface area (Å²) in [5, 5.41) is 1.60. The van der Waals surface area contributed by atoms with Crippen molar-refractivity contribution in [1.29, 1.82) is 0 Å². The van der Waals surface area contributed by atoms with Crippen molar-refractivity contribution in [2.45, 2.75) is 27.7 Å². The summed E-state index contributed by atoms with van der Waals surface area (Å²) in [4.78, 5) is 0. The molecule has 0 radical (unpaired) electrons. The first-order chi connectivity index (χ1) is 9.31. The van der Waals surface area contributed by atoms with E-state index in [4.69, 9.17) is 31.5 Å². The van der Waals surface area contributed by atoms with Crippen molar-refractivity contribution >= 4 is 59.2 Å². The Balaban J connectivity index is 2.54. The summed E-state index contributed by atoms with van der Waals surface area (Å²) in [7, 11) is 6.90. The van der Waals surface area contributed by atoms with E-state index in [2.05, 4.69) is 38.1 Å². The molecule has 2 aromatic carbocycles. The number of aryl methyl sites for hydroxylation is 4. The van der Waals surface area contributed by atoms with Gasteiger partial charge in [0.15, 0.2) is 0 Å². The zero-order valence-electron chi connectivity index (χ0n) is 12.0. The summed E-state index contributed by atoms with van der Waals surface area (Å²) in [6, 6.07) is 8.35. The topological polar surface area (TPSA) is 0 Å². The molecule has 2 aromatic rings. The molecule has 0 bridgehead atoms. The van der Waals surface area contributed by atoms with Crippen LogP contribution in [0.1, 0.15) is 22.3 Å². The van der Waals surface area contributed by atoms with E-state index in [1.807, 2.05) is 13.8 Å². The fourth-order valence-corrected chi connectivity index (χ4v) is 15.2. The second-order valence-electron chi connectivity index (χ2n) is 5.28. The normalized spacial score (nSPS) is 10.8. The van der Waals surface area contributed by atoms with Crippen molar-refractivity contribution in [3.63, 3.8) is 0 Å². The Morgan fingerprint density at radius 3 is 1.35 bits per heavy atom. The summed E-state index contributed by atoms with van der Waals surface area (Å²) in [5.74, 6) is 0. The van der Waals surface area contributed by atoms with Crippen LogP contribution in [0.15, 0.2) is 24.3 Å². The molecule has 0 atom stereocenters. The molecule has 0 aromatic heterocycles. The van der Waals surface area contributed by atoms with Crippen LogP contribution >= 0.6 is 31.5 Å². The number of hydrogen-bond acceptors (Lipinski definition) is 0. The van der Waals surface area contributed by atoms with E-state index in [0.29, 0.717) is 0 Å². The molecule has 0 aliphatic rings. The van der Waals surface area contributed by atoms with E-state index in [1.165, 1.54) is 17.4 Å². The molecule has 0 heterocycles. The van der Waals surface area contributed by atoms with Crippen molar-refractivity contribution in [2.24, 2.45) is 0 Å². The SMILES string of the molecule is Cc1cc(C)[c]([Tl]([Cl])[c]2cc(Cl)c(C)cc2C)cc1Cl. The van der Waals surface area contributed by atoms with Gasteiger partial charge in [0.25, 0.3) is 0 Å². The summed E-state index contributed by atoms with van der Waals surface area (Å²) in [6.45, 7) is 8.26. The molecule has 2 rings (SSSR count). The van der Waals surface area contributed by atoms with Gasteiger partial charge in [-0.1, -0.05) is 0 Å². The molecular weight excluding hydrogens is 503 g/mol. The van der Waals surface area contributed by atoms with Crippen LogP contribution in [0, 0.1) is 27.7 Å². The Morgan fingerprint density at radius 2 is 1.00 bits per heavy atom. The third kappa shape index (κ3) is 3.34. The molecule has 4 heteroatoms. The molecule has 0 N–H and O–H groups in total. The average molecular weight is 519 g/mol. The monoisotopic (exact) mass is 518 g/mol. The van der Waals surface area contributed by atoms with Crippen LogP contribution in [0.5, 0.6) is 0 Å². The zero-order valence-corrected chi connectivity index (χ0v) is 18.8. The van der Waals surface area contributed by atoms with Crippen molar-refractivity contribution < 1.29 is 0 Å². The van der Waals surface area contributed by atoms with Crippen LogP contribution in [-0.2, 0) is 0 Å². The Morgan fingerprint density at radius 1 is 0.650 bits per heavy atom. The summed E-state index contributed by atoms with van der Waals surface area (Å²) >= 11 is 9.81. The van der Waals surface area contributed by atoms with Crippen molar-refractivity contribution in [1.82, 2.24) is 0 Å². The predicted molar refractivity (Wildman–Crippen MR) is 92.7 cm³/mol. The van der Waals surface area contributed by atoms with Crippen molar-refractivity contribution in [3.8, 4) is 0 Å². The molecular formula is C16H16Cl3Tl. The molecule has 0 amide bonds. The van der Waals surface area contributed by atoms with Gasteiger partial charge >= 0.3 is 144 Å². The molecule has 0 saturated carbocycles. The first-order valence-electron chi connectivity index (χ1n) is 6.48. The fraction of sp³-hybridized carbons (Fsp3) is 0.250. The first kappa shape index (κ1) is 16.6. The van der Waals surface area contributed by atoms with Crippen LogP contribution in [0.25, 0.3) is 0 Å². The van der Waals surface area contributed by atoms with Gasteiger partial charge in [0, 0.05) is 0 Å². The number of rotatable bonds is 2. The van der Waals surface area contributed by atoms with Gasteiger partial charge in [-0.25, -0.2) is 0 Å². The number of halogens is 3. The van der Waals surface area contributed by atoms with Gasteiger partial charge in [0.1, 0.15) is 0 Å². The van der Waals surface area contributed by atoms with E-state index >= 15 is 0 Å². The Hall–Kier alpha value is 0.232. The van der Waals surface area contributed by atoms with Crippen LogP contribution < -0.4 is 6.25 Å². The molecule has 20 heavy (non-hydrogen) atoms. The van der Waals surface area contributed by atoms with Crippen LogP contribution in [0.4, 0.5) is 0 Å². The number of hydrogen-bond donors (Lipinski definition) is 0. The zero-order chi connectivity index (χ0) is 15.0. The summed E-state index contributed by atoms with van der Waals surface area (Å²) < 4.78 is 2.51. The minimum atomic E-state index is -2.72. The van der Waals surface area contributed by atoms with Crippen LogP contribution in [0.2, 0.25) is 10.0 Å². The molecule has 104 valence electrons. The van der Waals surface area contributed by atoms with Crippen molar-refractivity contribution in [3.05, 3.63) is 56.6 Å². The second-order valence-corrected chi connectivity index (χ2v) is 17.6. The van der Waals surface area contributed by atoms with Gasteiger partial charge in [0.05, 0.1) is 0 Å². The van der Waals surface area contributed by atoms with E-state index in [-0.39, 0.29) is 0 Å². The van der Waals surface area contributed by atoms with Gasteiger partial charge in [0.2, 0.25) is 0 Å². The van der Waals surface area contributed by atoms with Crippen LogP contribution in [-0.4, -0.2) is 21.5 Å². The van der Waals surface area contributed by atoms with Gasteiger partial charge < -0.3 is 0 Å². The third-order valence-electron chi connectivity index (χ3n) is 3.64. The maximum atomic E-state index is 6.90. The fourth-order valence-electron chi connectivity index (χ4n) is 2.40. The Kier molecular flexibility index (Phi) is 5.44. The molecule has 0 aliphatic carbocycles. The van der Waals surface area contributed by atoms with Gasteiger partial charge in [-0.3, -0.25) is 0 Å².